The molecule has 1 aromatic carbocycles. The smallest absolute Gasteiger partial charge is 0.211 e. The lowest BCUT2D eigenvalue weighted by Crippen LogP contribution is -2.25. The lowest BCUT2D eigenvalue weighted by Gasteiger charge is -2.12. The normalized spacial score (nSPS) is 14.5. The SMILES string of the molecule is CC.CC.O=C(C[S+]1CCCCC1)c1ccccc1. The molecule has 0 N–H and O–H groups in total. The molecule has 1 fully saturated rings. The van der Waals surface area contributed by atoms with Gasteiger partial charge in [-0.05, 0) is 30.2 Å². The molecule has 1 aliphatic rings. The van der Waals surface area contributed by atoms with Crippen LogP contribution in [0.2, 0.25) is 0 Å². The van der Waals surface area contributed by atoms with Crippen LogP contribution in [0.1, 0.15) is 57.3 Å². The molecule has 0 aliphatic carbocycles. The van der Waals surface area contributed by atoms with E-state index in [1.54, 1.807) is 0 Å². The standard InChI is InChI=1S/C13H17OS.2C2H6/c14-13(12-7-3-1-4-8-12)11-15-9-5-2-6-10-15;2*1-2/h1,3-4,7-8H,2,5-6,9-11H2;2*1-2H3/q+1;;. The van der Waals surface area contributed by atoms with E-state index in [0.29, 0.717) is 16.7 Å². The van der Waals surface area contributed by atoms with Crippen molar-refractivity contribution in [3.8, 4) is 0 Å². The fourth-order valence-electron chi connectivity index (χ4n) is 1.93. The van der Waals surface area contributed by atoms with Crippen molar-refractivity contribution < 1.29 is 4.79 Å². The minimum absolute atomic E-state index is 0.334. The molecule has 0 amide bonds. The van der Waals surface area contributed by atoms with Gasteiger partial charge in [0.05, 0.1) is 0 Å². The summed E-state index contributed by atoms with van der Waals surface area (Å²) in [7, 11) is 0.375. The van der Waals surface area contributed by atoms with E-state index in [1.807, 2.05) is 58.0 Å². The summed E-state index contributed by atoms with van der Waals surface area (Å²) in [6.07, 6.45) is 4.01. The fraction of sp³-hybridized carbons (Fsp3) is 0.588. The highest BCUT2D eigenvalue weighted by atomic mass is 32.2. The average Bonchev–Trinajstić information content (AvgIpc) is 2.53. The van der Waals surface area contributed by atoms with Crippen molar-refractivity contribution in [1.29, 1.82) is 0 Å². The Hall–Kier alpha value is -0.760. The summed E-state index contributed by atoms with van der Waals surface area (Å²) in [4.78, 5) is 11.9. The van der Waals surface area contributed by atoms with E-state index in [-0.39, 0.29) is 0 Å². The van der Waals surface area contributed by atoms with Crippen LogP contribution in [0.3, 0.4) is 0 Å². The minimum atomic E-state index is 0.334. The summed E-state index contributed by atoms with van der Waals surface area (Å²) in [5.41, 5.74) is 0.885. The molecule has 1 aliphatic heterocycles. The zero-order valence-corrected chi connectivity index (χ0v) is 13.8. The molecule has 0 aromatic heterocycles. The molecule has 0 saturated carbocycles. The van der Waals surface area contributed by atoms with Crippen LogP contribution in [0.4, 0.5) is 0 Å². The van der Waals surface area contributed by atoms with Crippen molar-refractivity contribution >= 4 is 16.7 Å². The van der Waals surface area contributed by atoms with Crippen LogP contribution in [0.5, 0.6) is 0 Å². The molecule has 0 spiro atoms. The Kier molecular flexibility index (Phi) is 11.8. The Balaban J connectivity index is 0.000000741. The summed E-state index contributed by atoms with van der Waals surface area (Å²) in [6, 6.07) is 9.69. The number of hydrogen-bond donors (Lipinski definition) is 0. The molecule has 0 radical (unpaired) electrons. The molecule has 0 bridgehead atoms. The highest BCUT2D eigenvalue weighted by Gasteiger charge is 2.25. The number of rotatable bonds is 3. The van der Waals surface area contributed by atoms with Gasteiger partial charge in [0.15, 0.2) is 5.75 Å². The Bertz CT molecular complexity index is 315. The number of carbonyl (C=O) groups is 1. The van der Waals surface area contributed by atoms with Crippen LogP contribution in [0, 0.1) is 0 Å². The summed E-state index contributed by atoms with van der Waals surface area (Å²) in [5.74, 6) is 3.67. The highest BCUT2D eigenvalue weighted by Crippen LogP contribution is 2.15. The van der Waals surface area contributed by atoms with Crippen LogP contribution >= 0.6 is 0 Å². The molecule has 2 heteroatoms. The zero-order chi connectivity index (χ0) is 14.5. The quantitative estimate of drug-likeness (QED) is 0.578. The first-order valence-electron chi connectivity index (χ1n) is 7.58. The largest absolute Gasteiger partial charge is 0.289 e. The molecule has 1 nitrogen and oxygen atoms in total. The van der Waals surface area contributed by atoms with Gasteiger partial charge in [-0.25, -0.2) is 0 Å². The third-order valence-electron chi connectivity index (χ3n) is 2.80. The zero-order valence-electron chi connectivity index (χ0n) is 12.9. The molecule has 2 rings (SSSR count). The predicted molar refractivity (Wildman–Crippen MR) is 89.3 cm³/mol. The number of ketones is 1. The molecule has 0 unspecified atom stereocenters. The second-order valence-corrected chi connectivity index (χ2v) is 6.34. The molecule has 1 heterocycles. The maximum atomic E-state index is 11.9. The Morgan fingerprint density at radius 1 is 0.947 bits per heavy atom. The van der Waals surface area contributed by atoms with Crippen LogP contribution in [-0.4, -0.2) is 23.0 Å². The van der Waals surface area contributed by atoms with Crippen molar-refractivity contribution in [2.45, 2.75) is 47.0 Å². The van der Waals surface area contributed by atoms with E-state index in [9.17, 15) is 4.79 Å². The average molecular weight is 281 g/mol. The van der Waals surface area contributed by atoms with Crippen molar-refractivity contribution in [1.82, 2.24) is 0 Å². The third-order valence-corrected chi connectivity index (χ3v) is 5.20. The third kappa shape index (κ3) is 7.41. The molecular weight excluding hydrogens is 252 g/mol. The Morgan fingerprint density at radius 3 is 2.00 bits per heavy atom. The fourth-order valence-corrected chi connectivity index (χ4v) is 4.18. The number of carbonyl (C=O) groups excluding carboxylic acids is 1. The maximum Gasteiger partial charge on any atom is 0.211 e. The first-order valence-corrected chi connectivity index (χ1v) is 9.32. The van der Waals surface area contributed by atoms with Gasteiger partial charge in [0.1, 0.15) is 11.5 Å². The van der Waals surface area contributed by atoms with Gasteiger partial charge in [0.2, 0.25) is 5.78 Å². The van der Waals surface area contributed by atoms with Crippen LogP contribution < -0.4 is 0 Å². The van der Waals surface area contributed by atoms with E-state index >= 15 is 0 Å². The van der Waals surface area contributed by atoms with E-state index in [2.05, 4.69) is 0 Å². The van der Waals surface area contributed by atoms with Crippen molar-refractivity contribution in [3.63, 3.8) is 0 Å². The molecule has 1 aromatic rings. The van der Waals surface area contributed by atoms with E-state index in [0.717, 1.165) is 11.3 Å². The second kappa shape index (κ2) is 12.3. The Morgan fingerprint density at radius 2 is 1.47 bits per heavy atom. The summed E-state index contributed by atoms with van der Waals surface area (Å²) in [6.45, 7) is 8.00. The topological polar surface area (TPSA) is 17.1 Å². The molecule has 0 atom stereocenters. The predicted octanol–water partition coefficient (Wildman–Crippen LogP) is 4.72. The monoisotopic (exact) mass is 281 g/mol. The molecule has 19 heavy (non-hydrogen) atoms. The van der Waals surface area contributed by atoms with Gasteiger partial charge in [-0.3, -0.25) is 4.79 Å². The van der Waals surface area contributed by atoms with Crippen LogP contribution in [0.15, 0.2) is 30.3 Å². The van der Waals surface area contributed by atoms with Gasteiger partial charge >= 0.3 is 0 Å². The lowest BCUT2D eigenvalue weighted by molar-refractivity contribution is 0.102. The number of Topliss-reactive ketones (excluding diaryl/α,β-unsaturated/α-hetero) is 1. The lowest BCUT2D eigenvalue weighted by atomic mass is 10.2. The van der Waals surface area contributed by atoms with Gasteiger partial charge in [-0.15, -0.1) is 0 Å². The summed E-state index contributed by atoms with van der Waals surface area (Å²) < 4.78 is 0. The number of hydrogen-bond acceptors (Lipinski definition) is 1. The van der Waals surface area contributed by atoms with Gasteiger partial charge in [-0.1, -0.05) is 58.0 Å². The van der Waals surface area contributed by atoms with Crippen LogP contribution in [0.25, 0.3) is 0 Å². The van der Waals surface area contributed by atoms with Crippen molar-refractivity contribution in [2.75, 3.05) is 17.3 Å². The highest BCUT2D eigenvalue weighted by molar-refractivity contribution is 7.97. The Labute approximate surface area is 122 Å². The van der Waals surface area contributed by atoms with Gasteiger partial charge in [0.25, 0.3) is 0 Å². The van der Waals surface area contributed by atoms with Crippen molar-refractivity contribution in [3.05, 3.63) is 35.9 Å². The van der Waals surface area contributed by atoms with E-state index in [1.165, 1.54) is 30.8 Å². The molecule has 1 saturated heterocycles. The molecular formula is C17H29OS+. The molecule has 108 valence electrons. The maximum absolute atomic E-state index is 11.9. The first kappa shape index (κ1) is 18.2. The van der Waals surface area contributed by atoms with Crippen LogP contribution in [-0.2, 0) is 10.9 Å². The van der Waals surface area contributed by atoms with E-state index < -0.39 is 0 Å². The minimum Gasteiger partial charge on any atom is -0.289 e. The summed E-state index contributed by atoms with van der Waals surface area (Å²) in [5, 5.41) is 0. The van der Waals surface area contributed by atoms with Crippen molar-refractivity contribution in [2.24, 2.45) is 0 Å². The van der Waals surface area contributed by atoms with Gasteiger partial charge in [-0.2, -0.15) is 0 Å². The number of benzene rings is 1. The van der Waals surface area contributed by atoms with Gasteiger partial charge < -0.3 is 0 Å². The van der Waals surface area contributed by atoms with Gasteiger partial charge in [0, 0.05) is 5.56 Å². The summed E-state index contributed by atoms with van der Waals surface area (Å²) >= 11 is 0. The first-order chi connectivity index (χ1) is 9.36. The second-order valence-electron chi connectivity index (χ2n) is 4.01. The van der Waals surface area contributed by atoms with E-state index in [4.69, 9.17) is 0 Å².